The molecule has 1 rings (SSSR count). The zero-order chi connectivity index (χ0) is 10.6. The summed E-state index contributed by atoms with van der Waals surface area (Å²) < 4.78 is 0. The molecule has 72 valence electrons. The van der Waals surface area contributed by atoms with E-state index in [0.29, 0.717) is 5.56 Å². The summed E-state index contributed by atoms with van der Waals surface area (Å²) in [5, 5.41) is 3.46. The number of benzene rings is 1. The summed E-state index contributed by atoms with van der Waals surface area (Å²) in [5.41, 5.74) is 7.85. The average Bonchev–Trinajstić information content (AvgIpc) is 2.18. The summed E-state index contributed by atoms with van der Waals surface area (Å²) in [7, 11) is 0. The summed E-state index contributed by atoms with van der Waals surface area (Å²) in [6.45, 7) is 3.20. The first-order valence-electron chi connectivity index (χ1n) is 4.24. The molecule has 4 heteroatoms. The Kier molecular flexibility index (Phi) is 2.89. The van der Waals surface area contributed by atoms with Gasteiger partial charge in [0, 0.05) is 10.5 Å². The lowest BCUT2D eigenvalue weighted by molar-refractivity contribution is 0.0914. The number of carbonyl (C=O) groups excluding carboxylic acids is 1. The summed E-state index contributed by atoms with van der Waals surface area (Å²) in [6.07, 6.45) is 0. The molecule has 0 N–H and O–H groups in total. The number of Topliss-reactive ketones (excluding diaryl/α,β-unsaturated/α-hetero) is 1. The maximum atomic E-state index is 11.8. The maximum Gasteiger partial charge on any atom is 0.174 e. The minimum Gasteiger partial charge on any atom is -0.293 e. The van der Waals surface area contributed by atoms with Crippen LogP contribution in [0.25, 0.3) is 10.4 Å². The number of carbonyl (C=O) groups is 1. The van der Waals surface area contributed by atoms with Crippen molar-refractivity contribution in [3.05, 3.63) is 46.3 Å². The van der Waals surface area contributed by atoms with E-state index < -0.39 is 5.54 Å². The van der Waals surface area contributed by atoms with Crippen molar-refractivity contribution in [3.63, 3.8) is 0 Å². The highest BCUT2D eigenvalue weighted by molar-refractivity contribution is 6.02. The summed E-state index contributed by atoms with van der Waals surface area (Å²) in [6, 6.07) is 8.80. The van der Waals surface area contributed by atoms with Crippen LogP contribution in [0.5, 0.6) is 0 Å². The first-order valence-corrected chi connectivity index (χ1v) is 4.24. The van der Waals surface area contributed by atoms with Gasteiger partial charge in [-0.3, -0.25) is 4.79 Å². The van der Waals surface area contributed by atoms with Gasteiger partial charge in [-0.2, -0.15) is 0 Å². The predicted octanol–water partition coefficient (Wildman–Crippen LogP) is 2.96. The normalized spacial score (nSPS) is 10.4. The molecule has 0 heterocycles. The number of rotatable bonds is 3. The highest BCUT2D eigenvalue weighted by Gasteiger charge is 2.26. The maximum absolute atomic E-state index is 11.8. The van der Waals surface area contributed by atoms with E-state index in [4.69, 9.17) is 5.53 Å². The van der Waals surface area contributed by atoms with E-state index in [2.05, 4.69) is 10.0 Å². The highest BCUT2D eigenvalue weighted by Crippen LogP contribution is 2.16. The zero-order valence-corrected chi connectivity index (χ0v) is 8.14. The molecule has 0 aliphatic rings. The molecule has 0 saturated carbocycles. The molecule has 14 heavy (non-hydrogen) atoms. The Morgan fingerprint density at radius 3 is 2.43 bits per heavy atom. The van der Waals surface area contributed by atoms with Crippen LogP contribution in [0.15, 0.2) is 35.4 Å². The van der Waals surface area contributed by atoms with Crippen molar-refractivity contribution in [3.8, 4) is 0 Å². The van der Waals surface area contributed by atoms with Gasteiger partial charge in [0.25, 0.3) is 0 Å². The van der Waals surface area contributed by atoms with Crippen molar-refractivity contribution in [1.29, 1.82) is 0 Å². The van der Waals surface area contributed by atoms with Gasteiger partial charge in [-0.15, -0.1) is 0 Å². The van der Waals surface area contributed by atoms with E-state index >= 15 is 0 Å². The monoisotopic (exact) mass is 189 g/mol. The molecule has 0 amide bonds. The van der Waals surface area contributed by atoms with E-state index in [1.54, 1.807) is 38.1 Å². The Morgan fingerprint density at radius 2 is 1.93 bits per heavy atom. The van der Waals surface area contributed by atoms with Gasteiger partial charge < -0.3 is 0 Å². The van der Waals surface area contributed by atoms with E-state index in [9.17, 15) is 4.79 Å². The van der Waals surface area contributed by atoms with Crippen molar-refractivity contribution in [2.45, 2.75) is 19.4 Å². The van der Waals surface area contributed by atoms with Crippen molar-refractivity contribution >= 4 is 5.78 Å². The SMILES string of the molecule is CC(C)(N=[N+]=[N-])C(=O)c1ccccc1. The molecule has 0 bridgehead atoms. The quantitative estimate of drug-likeness (QED) is 0.312. The fourth-order valence-corrected chi connectivity index (χ4v) is 1.10. The molecule has 0 saturated heterocycles. The highest BCUT2D eigenvalue weighted by atomic mass is 16.1. The van der Waals surface area contributed by atoms with E-state index in [-0.39, 0.29) is 5.78 Å². The molecule has 1 aromatic rings. The molecule has 0 fully saturated rings. The smallest absolute Gasteiger partial charge is 0.174 e. The third-order valence-corrected chi connectivity index (χ3v) is 1.89. The van der Waals surface area contributed by atoms with Crippen molar-refractivity contribution < 1.29 is 4.79 Å². The molecule has 0 spiro atoms. The van der Waals surface area contributed by atoms with Gasteiger partial charge in [-0.1, -0.05) is 35.4 Å². The van der Waals surface area contributed by atoms with Crippen LogP contribution < -0.4 is 0 Å². The van der Waals surface area contributed by atoms with Crippen LogP contribution in [0.4, 0.5) is 0 Å². The van der Waals surface area contributed by atoms with E-state index in [0.717, 1.165) is 0 Å². The van der Waals surface area contributed by atoms with Crippen molar-refractivity contribution in [2.24, 2.45) is 5.11 Å². The standard InChI is InChI=1S/C10H11N3O/c1-10(2,12-13-11)9(14)8-6-4-3-5-7-8/h3-7H,1-2H3. The lowest BCUT2D eigenvalue weighted by atomic mass is 9.94. The van der Waals surface area contributed by atoms with Gasteiger partial charge in [-0.25, -0.2) is 0 Å². The first-order chi connectivity index (χ1) is 6.58. The zero-order valence-electron chi connectivity index (χ0n) is 8.14. The largest absolute Gasteiger partial charge is 0.293 e. The third kappa shape index (κ3) is 2.12. The second-order valence-corrected chi connectivity index (χ2v) is 3.44. The molecular formula is C10H11N3O. The molecule has 0 unspecified atom stereocenters. The van der Waals surface area contributed by atoms with Crippen LogP contribution in [0.2, 0.25) is 0 Å². The lowest BCUT2D eigenvalue weighted by Gasteiger charge is -2.15. The third-order valence-electron chi connectivity index (χ3n) is 1.89. The van der Waals surface area contributed by atoms with Crippen molar-refractivity contribution in [2.75, 3.05) is 0 Å². The minimum atomic E-state index is -1.02. The minimum absolute atomic E-state index is 0.170. The van der Waals surface area contributed by atoms with E-state index in [1.807, 2.05) is 6.07 Å². The van der Waals surface area contributed by atoms with Gasteiger partial charge in [-0.05, 0) is 19.4 Å². The number of hydrogen-bond acceptors (Lipinski definition) is 2. The Morgan fingerprint density at radius 1 is 1.36 bits per heavy atom. The Labute approximate surface area is 82.2 Å². The Hall–Kier alpha value is -1.80. The second-order valence-electron chi connectivity index (χ2n) is 3.44. The van der Waals surface area contributed by atoms with Gasteiger partial charge in [0.15, 0.2) is 5.78 Å². The number of nitrogens with zero attached hydrogens (tertiary/aromatic N) is 3. The Balaban J connectivity index is 3.02. The number of hydrogen-bond donors (Lipinski definition) is 0. The summed E-state index contributed by atoms with van der Waals surface area (Å²) in [4.78, 5) is 14.4. The van der Waals surface area contributed by atoms with Crippen LogP contribution in [-0.4, -0.2) is 11.3 Å². The van der Waals surface area contributed by atoms with Gasteiger partial charge >= 0.3 is 0 Å². The first kappa shape index (κ1) is 10.3. The van der Waals surface area contributed by atoms with Crippen LogP contribution in [0.3, 0.4) is 0 Å². The molecule has 1 aromatic carbocycles. The number of ketones is 1. The van der Waals surface area contributed by atoms with Gasteiger partial charge in [0.05, 0.1) is 0 Å². The molecule has 0 atom stereocenters. The molecule has 0 aliphatic heterocycles. The van der Waals surface area contributed by atoms with Crippen LogP contribution in [-0.2, 0) is 0 Å². The molecule has 4 nitrogen and oxygen atoms in total. The summed E-state index contributed by atoms with van der Waals surface area (Å²) in [5.74, 6) is -0.170. The number of azide groups is 1. The van der Waals surface area contributed by atoms with Crippen LogP contribution >= 0.6 is 0 Å². The lowest BCUT2D eigenvalue weighted by Crippen LogP contribution is -2.28. The Bertz CT molecular complexity index is 378. The van der Waals surface area contributed by atoms with Gasteiger partial charge in [0.2, 0.25) is 0 Å². The molecule has 0 aromatic heterocycles. The van der Waals surface area contributed by atoms with Crippen LogP contribution in [0, 0.1) is 0 Å². The summed E-state index contributed by atoms with van der Waals surface area (Å²) >= 11 is 0. The fraction of sp³-hybridized carbons (Fsp3) is 0.300. The average molecular weight is 189 g/mol. The molecule has 0 aliphatic carbocycles. The predicted molar refractivity (Wildman–Crippen MR) is 54.0 cm³/mol. The van der Waals surface area contributed by atoms with E-state index in [1.165, 1.54) is 0 Å². The molecular weight excluding hydrogens is 178 g/mol. The van der Waals surface area contributed by atoms with Gasteiger partial charge in [0.1, 0.15) is 5.54 Å². The fourth-order valence-electron chi connectivity index (χ4n) is 1.10. The van der Waals surface area contributed by atoms with Crippen LogP contribution in [0.1, 0.15) is 24.2 Å². The topological polar surface area (TPSA) is 65.8 Å². The molecule has 0 radical (unpaired) electrons. The second kappa shape index (κ2) is 3.94. The van der Waals surface area contributed by atoms with Crippen molar-refractivity contribution in [1.82, 2.24) is 0 Å².